The second-order valence-corrected chi connectivity index (χ2v) is 8.03. The Labute approximate surface area is 181 Å². The molecule has 2 fully saturated rings. The minimum atomic E-state index is -0.447. The van der Waals surface area contributed by atoms with Crippen molar-refractivity contribution in [2.45, 2.75) is 19.3 Å². The first-order valence-corrected chi connectivity index (χ1v) is 11.0. The van der Waals surface area contributed by atoms with E-state index in [1.165, 1.54) is 31.5 Å². The van der Waals surface area contributed by atoms with Crippen LogP contribution in [0.4, 0.5) is 16.0 Å². The lowest BCUT2D eigenvalue weighted by molar-refractivity contribution is 0.0944. The van der Waals surface area contributed by atoms with Crippen LogP contribution in [0, 0.1) is 5.82 Å². The van der Waals surface area contributed by atoms with Gasteiger partial charge in [-0.2, -0.15) is 0 Å². The molecule has 0 spiro atoms. The number of piperidine rings is 1. The SMILES string of the molecule is O=C(NCCN1CCCCC1)c1cnc(N2CCN(c3ccccc3F)CC2)[nH]c1=O. The molecule has 166 valence electrons. The highest BCUT2D eigenvalue weighted by atomic mass is 19.1. The number of anilines is 2. The van der Waals surface area contributed by atoms with Crippen molar-refractivity contribution in [2.24, 2.45) is 0 Å². The largest absolute Gasteiger partial charge is 0.366 e. The zero-order valence-electron chi connectivity index (χ0n) is 17.6. The number of amides is 1. The number of carbonyl (C=O) groups excluding carboxylic acids is 1. The lowest BCUT2D eigenvalue weighted by Crippen LogP contribution is -2.48. The van der Waals surface area contributed by atoms with Gasteiger partial charge in [-0.1, -0.05) is 18.6 Å². The number of aromatic nitrogens is 2. The third kappa shape index (κ3) is 5.22. The Morgan fingerprint density at radius 3 is 2.45 bits per heavy atom. The monoisotopic (exact) mass is 428 g/mol. The van der Waals surface area contributed by atoms with Crippen LogP contribution in [0.5, 0.6) is 0 Å². The smallest absolute Gasteiger partial charge is 0.265 e. The summed E-state index contributed by atoms with van der Waals surface area (Å²) in [6.45, 7) is 5.86. The van der Waals surface area contributed by atoms with Gasteiger partial charge in [0.2, 0.25) is 5.95 Å². The van der Waals surface area contributed by atoms with Crippen molar-refractivity contribution in [3.05, 3.63) is 52.2 Å². The number of para-hydroxylation sites is 1. The molecule has 2 aliphatic rings. The Hall–Kier alpha value is -2.94. The Morgan fingerprint density at radius 1 is 1.03 bits per heavy atom. The second kappa shape index (κ2) is 9.91. The van der Waals surface area contributed by atoms with Crippen molar-refractivity contribution in [3.63, 3.8) is 0 Å². The van der Waals surface area contributed by atoms with Crippen LogP contribution in [0.15, 0.2) is 35.3 Å². The summed E-state index contributed by atoms with van der Waals surface area (Å²) in [5, 5.41) is 2.82. The van der Waals surface area contributed by atoms with Gasteiger partial charge in [-0.25, -0.2) is 9.37 Å². The molecule has 2 aromatic rings. The highest BCUT2D eigenvalue weighted by Crippen LogP contribution is 2.21. The van der Waals surface area contributed by atoms with Gasteiger partial charge in [0.1, 0.15) is 11.4 Å². The normalized spacial score (nSPS) is 17.6. The number of H-pyrrole nitrogens is 1. The first-order valence-electron chi connectivity index (χ1n) is 11.0. The number of benzene rings is 1. The fourth-order valence-electron chi connectivity index (χ4n) is 4.18. The number of piperazine rings is 1. The van der Waals surface area contributed by atoms with Crippen LogP contribution in [-0.4, -0.2) is 73.1 Å². The molecule has 0 radical (unpaired) electrons. The van der Waals surface area contributed by atoms with E-state index in [2.05, 4.69) is 20.2 Å². The highest BCUT2D eigenvalue weighted by molar-refractivity contribution is 5.93. The van der Waals surface area contributed by atoms with Crippen molar-refractivity contribution >= 4 is 17.5 Å². The fourth-order valence-corrected chi connectivity index (χ4v) is 4.18. The molecule has 3 heterocycles. The van der Waals surface area contributed by atoms with E-state index in [1.807, 2.05) is 15.9 Å². The minimum Gasteiger partial charge on any atom is -0.366 e. The Kier molecular flexibility index (Phi) is 6.81. The first-order chi connectivity index (χ1) is 15.1. The summed E-state index contributed by atoms with van der Waals surface area (Å²) in [5.74, 6) is -0.206. The van der Waals surface area contributed by atoms with Crippen molar-refractivity contribution < 1.29 is 9.18 Å². The summed E-state index contributed by atoms with van der Waals surface area (Å²) < 4.78 is 14.0. The second-order valence-electron chi connectivity index (χ2n) is 8.03. The minimum absolute atomic E-state index is 0.0207. The maximum atomic E-state index is 14.0. The van der Waals surface area contributed by atoms with Crippen LogP contribution in [0.2, 0.25) is 0 Å². The summed E-state index contributed by atoms with van der Waals surface area (Å²) in [6, 6.07) is 6.72. The molecule has 1 aromatic carbocycles. The average molecular weight is 429 g/mol. The summed E-state index contributed by atoms with van der Waals surface area (Å²) in [6.07, 6.45) is 5.02. The number of nitrogens with one attached hydrogen (secondary N) is 2. The van der Waals surface area contributed by atoms with Crippen molar-refractivity contribution in [1.29, 1.82) is 0 Å². The molecule has 0 aliphatic carbocycles. The molecular formula is C22H29FN6O2. The summed E-state index contributed by atoms with van der Waals surface area (Å²) in [7, 11) is 0. The summed E-state index contributed by atoms with van der Waals surface area (Å²) >= 11 is 0. The Bertz CT molecular complexity index is 951. The van der Waals surface area contributed by atoms with Gasteiger partial charge in [-0.05, 0) is 38.1 Å². The van der Waals surface area contributed by atoms with E-state index in [0.717, 1.165) is 19.6 Å². The predicted octanol–water partition coefficient (Wildman–Crippen LogP) is 1.45. The van der Waals surface area contributed by atoms with Crippen LogP contribution in [0.1, 0.15) is 29.6 Å². The van der Waals surface area contributed by atoms with E-state index < -0.39 is 11.5 Å². The molecule has 9 heteroatoms. The van der Waals surface area contributed by atoms with E-state index in [1.54, 1.807) is 12.1 Å². The Morgan fingerprint density at radius 2 is 1.74 bits per heavy atom. The van der Waals surface area contributed by atoms with E-state index in [9.17, 15) is 14.0 Å². The molecule has 0 atom stereocenters. The number of likely N-dealkylation sites (tertiary alicyclic amines) is 1. The predicted molar refractivity (Wildman–Crippen MR) is 118 cm³/mol. The van der Waals surface area contributed by atoms with Gasteiger partial charge in [-0.15, -0.1) is 0 Å². The molecule has 0 unspecified atom stereocenters. The third-order valence-electron chi connectivity index (χ3n) is 5.97. The van der Waals surface area contributed by atoms with Crippen LogP contribution >= 0.6 is 0 Å². The molecule has 0 saturated carbocycles. The van der Waals surface area contributed by atoms with E-state index in [-0.39, 0.29) is 11.4 Å². The highest BCUT2D eigenvalue weighted by Gasteiger charge is 2.22. The number of hydrogen-bond donors (Lipinski definition) is 2. The number of nitrogens with zero attached hydrogens (tertiary/aromatic N) is 4. The molecule has 1 aromatic heterocycles. The standard InChI is InChI=1S/C22H29FN6O2/c23-18-6-2-3-7-19(18)28-12-14-29(15-13-28)22-25-16-17(21(31)26-22)20(30)24-8-11-27-9-4-1-5-10-27/h2-3,6-7,16H,1,4-5,8-15H2,(H,24,30)(H,25,26,31). The fraction of sp³-hybridized carbons (Fsp3) is 0.500. The molecule has 2 saturated heterocycles. The molecular weight excluding hydrogens is 399 g/mol. The van der Waals surface area contributed by atoms with Gasteiger partial charge in [0.25, 0.3) is 11.5 Å². The topological polar surface area (TPSA) is 84.6 Å². The van der Waals surface area contributed by atoms with Crippen LogP contribution < -0.4 is 20.7 Å². The molecule has 1 amide bonds. The third-order valence-corrected chi connectivity index (χ3v) is 5.97. The quantitative estimate of drug-likeness (QED) is 0.725. The molecule has 4 rings (SSSR count). The van der Waals surface area contributed by atoms with Gasteiger partial charge in [0, 0.05) is 45.5 Å². The number of aromatic amines is 1. The van der Waals surface area contributed by atoms with E-state index in [4.69, 9.17) is 0 Å². The maximum Gasteiger partial charge on any atom is 0.265 e. The molecule has 2 N–H and O–H groups in total. The molecule has 0 bridgehead atoms. The van der Waals surface area contributed by atoms with Crippen molar-refractivity contribution in [1.82, 2.24) is 20.2 Å². The summed E-state index contributed by atoms with van der Waals surface area (Å²) in [4.78, 5) is 38.1. The molecule has 8 nitrogen and oxygen atoms in total. The van der Waals surface area contributed by atoms with Crippen LogP contribution in [0.25, 0.3) is 0 Å². The number of halogens is 1. The number of carbonyl (C=O) groups is 1. The lowest BCUT2D eigenvalue weighted by atomic mass is 10.1. The van der Waals surface area contributed by atoms with Gasteiger partial charge in [-0.3, -0.25) is 14.6 Å². The number of rotatable bonds is 6. The van der Waals surface area contributed by atoms with Crippen molar-refractivity contribution in [2.75, 3.05) is 62.2 Å². The van der Waals surface area contributed by atoms with Gasteiger partial charge in [0.05, 0.1) is 5.69 Å². The first kappa shape index (κ1) is 21.3. The molecule has 2 aliphatic heterocycles. The van der Waals surface area contributed by atoms with Crippen LogP contribution in [0.3, 0.4) is 0 Å². The lowest BCUT2D eigenvalue weighted by Gasteiger charge is -2.36. The Balaban J connectivity index is 1.31. The van der Waals surface area contributed by atoms with Gasteiger partial charge >= 0.3 is 0 Å². The zero-order chi connectivity index (χ0) is 21.6. The molecule has 31 heavy (non-hydrogen) atoms. The maximum absolute atomic E-state index is 14.0. The zero-order valence-corrected chi connectivity index (χ0v) is 17.6. The van der Waals surface area contributed by atoms with Gasteiger partial charge < -0.3 is 20.0 Å². The van der Waals surface area contributed by atoms with Crippen LogP contribution in [-0.2, 0) is 0 Å². The van der Waals surface area contributed by atoms with E-state index in [0.29, 0.717) is 44.4 Å². The van der Waals surface area contributed by atoms with E-state index >= 15 is 0 Å². The number of hydrogen-bond acceptors (Lipinski definition) is 6. The van der Waals surface area contributed by atoms with Crippen molar-refractivity contribution in [3.8, 4) is 0 Å². The summed E-state index contributed by atoms with van der Waals surface area (Å²) in [5.41, 5.74) is 0.157. The average Bonchev–Trinajstić information content (AvgIpc) is 2.80. The van der Waals surface area contributed by atoms with Gasteiger partial charge in [0.15, 0.2) is 0 Å².